The maximum absolute atomic E-state index is 11.7. The second-order valence-corrected chi connectivity index (χ2v) is 6.32. The monoisotopic (exact) mass is 209 g/mol. The summed E-state index contributed by atoms with van der Waals surface area (Å²) in [7, 11) is -1.80. The molecular formula is C8H19NO3S. The molecule has 80 valence electrons. The SMILES string of the molecule is COCC(C)(C)S(=O)(=O)NC(C)C. The molecule has 0 saturated carbocycles. The molecule has 0 rings (SSSR count). The van der Waals surface area contributed by atoms with Gasteiger partial charge in [0.1, 0.15) is 4.75 Å². The minimum absolute atomic E-state index is 0.0823. The fraction of sp³-hybridized carbons (Fsp3) is 1.00. The molecule has 4 nitrogen and oxygen atoms in total. The first-order chi connectivity index (χ1) is 5.73. The summed E-state index contributed by atoms with van der Waals surface area (Å²) in [6.45, 7) is 7.05. The van der Waals surface area contributed by atoms with Crippen LogP contribution in [0.1, 0.15) is 27.7 Å². The number of ether oxygens (including phenoxy) is 1. The van der Waals surface area contributed by atoms with Crippen molar-refractivity contribution in [1.29, 1.82) is 0 Å². The summed E-state index contributed by atoms with van der Waals surface area (Å²) in [6.07, 6.45) is 0. The van der Waals surface area contributed by atoms with Crippen LogP contribution in [0.3, 0.4) is 0 Å². The lowest BCUT2D eigenvalue weighted by Gasteiger charge is -2.25. The summed E-state index contributed by atoms with van der Waals surface area (Å²) in [5.41, 5.74) is 0. The molecule has 0 aromatic carbocycles. The van der Waals surface area contributed by atoms with Gasteiger partial charge in [0.25, 0.3) is 0 Å². The summed E-state index contributed by atoms with van der Waals surface area (Å²) < 4.78 is 29.8. The second kappa shape index (κ2) is 4.39. The zero-order valence-corrected chi connectivity index (χ0v) is 9.73. The lowest BCUT2D eigenvalue weighted by atomic mass is 10.2. The summed E-state index contributed by atoms with van der Waals surface area (Å²) in [6, 6.07) is -0.0823. The van der Waals surface area contributed by atoms with Crippen molar-refractivity contribution in [2.24, 2.45) is 0 Å². The Morgan fingerprint density at radius 3 is 2.15 bits per heavy atom. The van der Waals surface area contributed by atoms with Gasteiger partial charge in [-0.25, -0.2) is 13.1 Å². The molecule has 1 N–H and O–H groups in total. The molecule has 0 aromatic heterocycles. The minimum atomic E-state index is -3.30. The molecule has 0 unspecified atom stereocenters. The fourth-order valence-corrected chi connectivity index (χ4v) is 2.11. The molecule has 0 spiro atoms. The Kier molecular flexibility index (Phi) is 4.35. The van der Waals surface area contributed by atoms with Crippen LogP contribution in [0.5, 0.6) is 0 Å². The van der Waals surface area contributed by atoms with Crippen LogP contribution in [0.25, 0.3) is 0 Å². The smallest absolute Gasteiger partial charge is 0.219 e. The number of hydrogen-bond acceptors (Lipinski definition) is 3. The predicted octanol–water partition coefficient (Wildman–Crippen LogP) is 0.739. The van der Waals surface area contributed by atoms with E-state index in [2.05, 4.69) is 4.72 Å². The Bertz CT molecular complexity index is 244. The molecule has 0 aliphatic rings. The molecule has 0 atom stereocenters. The van der Waals surface area contributed by atoms with E-state index in [1.807, 2.05) is 0 Å². The van der Waals surface area contributed by atoms with E-state index in [0.717, 1.165) is 0 Å². The molecule has 0 aliphatic carbocycles. The van der Waals surface area contributed by atoms with Gasteiger partial charge in [0.05, 0.1) is 6.61 Å². The van der Waals surface area contributed by atoms with E-state index in [9.17, 15) is 8.42 Å². The van der Waals surface area contributed by atoms with E-state index >= 15 is 0 Å². The van der Waals surface area contributed by atoms with E-state index in [1.165, 1.54) is 7.11 Å². The third kappa shape index (κ3) is 3.62. The Morgan fingerprint density at radius 1 is 1.38 bits per heavy atom. The molecule has 0 saturated heterocycles. The van der Waals surface area contributed by atoms with Gasteiger partial charge in [0, 0.05) is 13.2 Å². The molecular weight excluding hydrogens is 190 g/mol. The van der Waals surface area contributed by atoms with E-state index in [-0.39, 0.29) is 12.6 Å². The zero-order valence-electron chi connectivity index (χ0n) is 8.92. The highest BCUT2D eigenvalue weighted by atomic mass is 32.2. The first kappa shape index (κ1) is 12.9. The highest BCUT2D eigenvalue weighted by molar-refractivity contribution is 7.90. The predicted molar refractivity (Wildman–Crippen MR) is 53.1 cm³/mol. The Morgan fingerprint density at radius 2 is 1.85 bits per heavy atom. The molecule has 0 heterocycles. The summed E-state index contributed by atoms with van der Waals surface area (Å²) in [5, 5.41) is 0. The third-order valence-corrected chi connectivity index (χ3v) is 3.96. The van der Waals surface area contributed by atoms with Gasteiger partial charge in [-0.3, -0.25) is 0 Å². The van der Waals surface area contributed by atoms with Crippen LogP contribution in [-0.4, -0.2) is 32.9 Å². The van der Waals surface area contributed by atoms with Gasteiger partial charge in [0.2, 0.25) is 10.0 Å². The van der Waals surface area contributed by atoms with Gasteiger partial charge in [-0.2, -0.15) is 0 Å². The van der Waals surface area contributed by atoms with E-state index in [4.69, 9.17) is 4.74 Å². The van der Waals surface area contributed by atoms with Gasteiger partial charge >= 0.3 is 0 Å². The van der Waals surface area contributed by atoms with Crippen LogP contribution in [0.15, 0.2) is 0 Å². The second-order valence-electron chi connectivity index (χ2n) is 3.97. The van der Waals surface area contributed by atoms with Crippen LogP contribution in [0, 0.1) is 0 Å². The molecule has 0 amide bonds. The first-order valence-electron chi connectivity index (χ1n) is 4.24. The largest absolute Gasteiger partial charge is 0.383 e. The standard InChI is InChI=1S/C8H19NO3S/c1-7(2)9-13(10,11)8(3,4)6-12-5/h7,9H,6H2,1-5H3. The van der Waals surface area contributed by atoms with Gasteiger partial charge in [-0.15, -0.1) is 0 Å². The molecule has 0 aromatic rings. The van der Waals surface area contributed by atoms with E-state index in [1.54, 1.807) is 27.7 Å². The van der Waals surface area contributed by atoms with Crippen LogP contribution < -0.4 is 4.72 Å². The van der Waals surface area contributed by atoms with Crippen molar-refractivity contribution in [2.45, 2.75) is 38.5 Å². The molecule has 13 heavy (non-hydrogen) atoms. The van der Waals surface area contributed by atoms with Crippen molar-refractivity contribution < 1.29 is 13.2 Å². The lowest BCUT2D eigenvalue weighted by molar-refractivity contribution is 0.174. The van der Waals surface area contributed by atoms with Gasteiger partial charge in [-0.1, -0.05) is 0 Å². The van der Waals surface area contributed by atoms with Crippen LogP contribution in [0.2, 0.25) is 0 Å². The highest BCUT2D eigenvalue weighted by Gasteiger charge is 2.34. The van der Waals surface area contributed by atoms with Gasteiger partial charge in [-0.05, 0) is 27.7 Å². The normalized spacial score (nSPS) is 13.7. The molecule has 0 radical (unpaired) electrons. The number of hydrogen-bond donors (Lipinski definition) is 1. The van der Waals surface area contributed by atoms with Crippen molar-refractivity contribution >= 4 is 10.0 Å². The van der Waals surface area contributed by atoms with E-state index in [0.29, 0.717) is 0 Å². The maximum Gasteiger partial charge on any atom is 0.219 e. The van der Waals surface area contributed by atoms with Crippen LogP contribution >= 0.6 is 0 Å². The minimum Gasteiger partial charge on any atom is -0.383 e. The Hall–Kier alpha value is -0.130. The molecule has 0 bridgehead atoms. The quantitative estimate of drug-likeness (QED) is 0.726. The average molecular weight is 209 g/mol. The van der Waals surface area contributed by atoms with Crippen molar-refractivity contribution in [1.82, 2.24) is 4.72 Å². The Labute approximate surface area is 80.7 Å². The van der Waals surface area contributed by atoms with Crippen molar-refractivity contribution in [3.63, 3.8) is 0 Å². The van der Waals surface area contributed by atoms with Crippen LogP contribution in [-0.2, 0) is 14.8 Å². The highest BCUT2D eigenvalue weighted by Crippen LogP contribution is 2.15. The zero-order chi connectivity index (χ0) is 10.7. The number of sulfonamides is 1. The molecule has 0 aliphatic heterocycles. The summed E-state index contributed by atoms with van der Waals surface area (Å²) in [5.74, 6) is 0. The van der Waals surface area contributed by atoms with Crippen molar-refractivity contribution in [3.05, 3.63) is 0 Å². The van der Waals surface area contributed by atoms with Gasteiger partial charge < -0.3 is 4.74 Å². The topological polar surface area (TPSA) is 55.4 Å². The fourth-order valence-electron chi connectivity index (χ4n) is 0.895. The number of methoxy groups -OCH3 is 1. The van der Waals surface area contributed by atoms with Crippen molar-refractivity contribution in [3.8, 4) is 0 Å². The summed E-state index contributed by atoms with van der Waals surface area (Å²) in [4.78, 5) is 0. The first-order valence-corrected chi connectivity index (χ1v) is 5.72. The maximum atomic E-state index is 11.7. The summed E-state index contributed by atoms with van der Waals surface area (Å²) >= 11 is 0. The third-order valence-electron chi connectivity index (χ3n) is 1.61. The van der Waals surface area contributed by atoms with E-state index < -0.39 is 14.8 Å². The van der Waals surface area contributed by atoms with Gasteiger partial charge in [0.15, 0.2) is 0 Å². The van der Waals surface area contributed by atoms with Crippen molar-refractivity contribution in [2.75, 3.05) is 13.7 Å². The lowest BCUT2D eigenvalue weighted by Crippen LogP contribution is -2.47. The Balaban J connectivity index is 4.62. The molecule has 0 fully saturated rings. The number of nitrogens with one attached hydrogen (secondary N) is 1. The number of rotatable bonds is 5. The molecule has 5 heteroatoms. The average Bonchev–Trinajstić information content (AvgIpc) is 1.82. The van der Waals surface area contributed by atoms with Crippen LogP contribution in [0.4, 0.5) is 0 Å².